The molecule has 4 heterocycles. The normalized spacial score (nSPS) is 26.8. The van der Waals surface area contributed by atoms with Crippen LogP contribution in [-0.2, 0) is 0 Å². The highest BCUT2D eigenvalue weighted by Gasteiger charge is 2.45. The number of halogens is 2. The predicted molar refractivity (Wildman–Crippen MR) is 95.4 cm³/mol. The molecule has 1 saturated heterocycles. The predicted octanol–water partition coefficient (Wildman–Crippen LogP) is 4.08. The van der Waals surface area contributed by atoms with Crippen molar-refractivity contribution in [3.63, 3.8) is 0 Å². The summed E-state index contributed by atoms with van der Waals surface area (Å²) in [4.78, 5) is 3.00. The Morgan fingerprint density at radius 1 is 1.26 bits per heavy atom. The summed E-state index contributed by atoms with van der Waals surface area (Å²) in [5.41, 5.74) is 3.35. The number of nitriles is 1. The van der Waals surface area contributed by atoms with Crippen LogP contribution in [-0.4, -0.2) is 23.0 Å². The highest BCUT2D eigenvalue weighted by atomic mass is 35.5. The van der Waals surface area contributed by atoms with E-state index >= 15 is 0 Å². The summed E-state index contributed by atoms with van der Waals surface area (Å²) in [5.74, 6) is -0.000407. The Morgan fingerprint density at radius 3 is 2.65 bits per heavy atom. The molecule has 3 nitrogen and oxygen atoms in total. The lowest BCUT2D eigenvalue weighted by atomic mass is 9.74. The molecule has 5 rings (SSSR count). The van der Waals surface area contributed by atoms with Crippen LogP contribution < -0.4 is 5.32 Å². The van der Waals surface area contributed by atoms with Crippen LogP contribution in [0.2, 0.25) is 10.0 Å². The minimum absolute atomic E-state index is 0.114. The van der Waals surface area contributed by atoms with Crippen molar-refractivity contribution in [2.45, 2.75) is 18.8 Å². The van der Waals surface area contributed by atoms with Gasteiger partial charge in [0.2, 0.25) is 0 Å². The molecule has 2 atom stereocenters. The molecule has 0 amide bonds. The van der Waals surface area contributed by atoms with Crippen LogP contribution in [0.15, 0.2) is 29.6 Å². The molecule has 0 aromatic heterocycles. The number of hydrogen-bond acceptors (Lipinski definition) is 3. The second-order valence-corrected chi connectivity index (χ2v) is 7.58. The van der Waals surface area contributed by atoms with E-state index in [1.807, 2.05) is 12.1 Å². The average molecular weight is 364 g/mol. The summed E-state index contributed by atoms with van der Waals surface area (Å²) in [7, 11) is 0. The first-order chi connectivity index (χ1) is 11.1. The number of allylic oxidation sites excluding steroid dienone is 2. The number of fused-ring (bicyclic) bond motifs is 2. The van der Waals surface area contributed by atoms with Crippen molar-refractivity contribution >= 4 is 40.4 Å². The second-order valence-electron chi connectivity index (χ2n) is 6.30. The third-order valence-corrected chi connectivity index (χ3v) is 6.04. The molecule has 0 saturated carbocycles. The average Bonchev–Trinajstić information content (AvgIpc) is 2.55. The molecule has 0 aliphatic carbocycles. The largest absolute Gasteiger partial charge is 0.373 e. The fraction of sp³-hybridized carbons (Fsp3) is 0.412. The molecule has 23 heavy (non-hydrogen) atoms. The van der Waals surface area contributed by atoms with Crippen molar-refractivity contribution in [3.05, 3.63) is 45.2 Å². The molecule has 4 aliphatic heterocycles. The van der Waals surface area contributed by atoms with Crippen LogP contribution in [0.4, 0.5) is 0 Å². The van der Waals surface area contributed by atoms with E-state index in [2.05, 4.69) is 16.3 Å². The van der Waals surface area contributed by atoms with E-state index in [4.69, 9.17) is 35.4 Å². The SMILES string of the molecule is N#C[C@H]1C(=S)NC2=C([C@@H]1c1ccc(Cl)cc1Cl)N1CCC2CC1. The Balaban J connectivity index is 1.91. The molecule has 2 bridgehead atoms. The van der Waals surface area contributed by atoms with Crippen LogP contribution in [0.3, 0.4) is 0 Å². The zero-order valence-corrected chi connectivity index (χ0v) is 14.7. The molecule has 0 unspecified atom stereocenters. The first-order valence-corrected chi connectivity index (χ1v) is 8.91. The Hall–Kier alpha value is -1.28. The van der Waals surface area contributed by atoms with Crippen LogP contribution >= 0.6 is 35.4 Å². The van der Waals surface area contributed by atoms with E-state index in [9.17, 15) is 5.26 Å². The van der Waals surface area contributed by atoms with Crippen molar-refractivity contribution in [1.82, 2.24) is 10.2 Å². The molecule has 6 heteroatoms. The van der Waals surface area contributed by atoms with Gasteiger partial charge in [0.1, 0.15) is 5.92 Å². The minimum atomic E-state index is -0.401. The third-order valence-electron chi connectivity index (χ3n) is 5.12. The van der Waals surface area contributed by atoms with Gasteiger partial charge in [0.25, 0.3) is 0 Å². The molecule has 1 aromatic carbocycles. The molecule has 118 valence electrons. The Labute approximate surface area is 150 Å². The lowest BCUT2D eigenvalue weighted by Gasteiger charge is -2.50. The lowest BCUT2D eigenvalue weighted by Crippen LogP contribution is -2.52. The molecule has 1 aromatic rings. The van der Waals surface area contributed by atoms with Crippen LogP contribution in [0, 0.1) is 23.2 Å². The smallest absolute Gasteiger partial charge is 0.109 e. The van der Waals surface area contributed by atoms with Crippen LogP contribution in [0.5, 0.6) is 0 Å². The number of nitrogens with one attached hydrogen (secondary N) is 1. The van der Waals surface area contributed by atoms with Gasteiger partial charge in [-0.15, -0.1) is 0 Å². The number of nitrogens with zero attached hydrogens (tertiary/aromatic N) is 2. The van der Waals surface area contributed by atoms with Gasteiger partial charge >= 0.3 is 0 Å². The van der Waals surface area contributed by atoms with Crippen molar-refractivity contribution in [3.8, 4) is 6.07 Å². The summed E-state index contributed by atoms with van der Waals surface area (Å²) in [6, 6.07) is 7.89. The Kier molecular flexibility index (Phi) is 3.76. The first kappa shape index (κ1) is 15.3. The van der Waals surface area contributed by atoms with E-state index in [0.29, 0.717) is 21.0 Å². The van der Waals surface area contributed by atoms with Gasteiger partial charge in [-0.1, -0.05) is 41.5 Å². The van der Waals surface area contributed by atoms with Gasteiger partial charge in [-0.3, -0.25) is 0 Å². The topological polar surface area (TPSA) is 39.1 Å². The van der Waals surface area contributed by atoms with E-state index in [1.165, 1.54) is 11.4 Å². The van der Waals surface area contributed by atoms with E-state index in [0.717, 1.165) is 31.5 Å². The second kappa shape index (κ2) is 5.66. The van der Waals surface area contributed by atoms with Crippen molar-refractivity contribution < 1.29 is 0 Å². The van der Waals surface area contributed by atoms with Gasteiger partial charge in [0.05, 0.1) is 11.1 Å². The van der Waals surface area contributed by atoms with Crippen LogP contribution in [0.1, 0.15) is 24.3 Å². The number of piperidine rings is 1. The molecular formula is C17H15Cl2N3S. The highest BCUT2D eigenvalue weighted by Crippen LogP contribution is 2.48. The maximum atomic E-state index is 9.71. The van der Waals surface area contributed by atoms with Crippen molar-refractivity contribution in [2.24, 2.45) is 11.8 Å². The number of benzene rings is 1. The maximum absolute atomic E-state index is 9.71. The van der Waals surface area contributed by atoms with E-state index in [1.54, 1.807) is 6.07 Å². The van der Waals surface area contributed by atoms with Gasteiger partial charge in [-0.2, -0.15) is 5.26 Å². The van der Waals surface area contributed by atoms with Gasteiger partial charge in [-0.05, 0) is 30.5 Å². The first-order valence-electron chi connectivity index (χ1n) is 7.74. The van der Waals surface area contributed by atoms with E-state index < -0.39 is 5.92 Å². The minimum Gasteiger partial charge on any atom is -0.373 e. The summed E-state index contributed by atoms with van der Waals surface area (Å²) in [5, 5.41) is 14.3. The maximum Gasteiger partial charge on any atom is 0.109 e. The Bertz CT molecular complexity index is 760. The van der Waals surface area contributed by atoms with Crippen LogP contribution in [0.25, 0.3) is 0 Å². The fourth-order valence-electron chi connectivity index (χ4n) is 4.05. The quantitative estimate of drug-likeness (QED) is 0.762. The number of hydrogen-bond donors (Lipinski definition) is 1. The van der Waals surface area contributed by atoms with Gasteiger partial charge in [0.15, 0.2) is 0 Å². The van der Waals surface area contributed by atoms with Gasteiger partial charge in [0, 0.05) is 46.4 Å². The third kappa shape index (κ3) is 2.34. The molecule has 1 fully saturated rings. The summed E-state index contributed by atoms with van der Waals surface area (Å²) < 4.78 is 0. The van der Waals surface area contributed by atoms with Crippen molar-refractivity contribution in [2.75, 3.05) is 13.1 Å². The van der Waals surface area contributed by atoms with Gasteiger partial charge in [-0.25, -0.2) is 0 Å². The summed E-state index contributed by atoms with van der Waals surface area (Å²) >= 11 is 18.0. The summed E-state index contributed by atoms with van der Waals surface area (Å²) in [6.07, 6.45) is 2.29. The molecule has 4 aliphatic rings. The zero-order valence-electron chi connectivity index (χ0n) is 12.4. The standard InChI is InChI=1S/C17H15Cl2N3S/c18-10-1-2-11(13(19)7-10)14-12(8-20)17(23)21-15-9-3-5-22(6-4-9)16(14)15/h1-2,7,9,12,14H,3-6H2,(H,21,23)/t12-,14-/m1/s1. The monoisotopic (exact) mass is 363 g/mol. The fourth-order valence-corrected chi connectivity index (χ4v) is 4.88. The number of thiocarbonyl (C=S) groups is 1. The van der Waals surface area contributed by atoms with E-state index in [-0.39, 0.29) is 5.92 Å². The summed E-state index contributed by atoms with van der Waals surface area (Å²) in [6.45, 7) is 2.08. The lowest BCUT2D eigenvalue weighted by molar-refractivity contribution is 0.181. The molecule has 0 radical (unpaired) electrons. The molecule has 1 N–H and O–H groups in total. The molecule has 0 spiro atoms. The van der Waals surface area contributed by atoms with Gasteiger partial charge < -0.3 is 10.2 Å². The Morgan fingerprint density at radius 2 is 2.00 bits per heavy atom. The zero-order chi connectivity index (χ0) is 16.1. The number of rotatable bonds is 1. The highest BCUT2D eigenvalue weighted by molar-refractivity contribution is 7.80. The molecular weight excluding hydrogens is 349 g/mol. The van der Waals surface area contributed by atoms with Crippen molar-refractivity contribution in [1.29, 1.82) is 5.26 Å².